The van der Waals surface area contributed by atoms with Gasteiger partial charge in [-0.15, -0.1) is 0 Å². The van der Waals surface area contributed by atoms with E-state index in [0.29, 0.717) is 36.5 Å². The number of amides is 2. The largest absolute Gasteiger partial charge is 0.348 e. The van der Waals surface area contributed by atoms with Gasteiger partial charge in [0.25, 0.3) is 11.8 Å². The van der Waals surface area contributed by atoms with Gasteiger partial charge in [0, 0.05) is 35.7 Å². The van der Waals surface area contributed by atoms with Crippen molar-refractivity contribution >= 4 is 38.8 Å². The maximum Gasteiger partial charge on any atom is 0.290 e. The highest BCUT2D eigenvalue weighted by molar-refractivity contribution is 9.10. The van der Waals surface area contributed by atoms with Crippen LogP contribution in [-0.2, 0) is 13.1 Å². The number of carbonyl (C=O) groups excluding carboxylic acids is 2. The lowest BCUT2D eigenvalue weighted by molar-refractivity contribution is 0.0643. The van der Waals surface area contributed by atoms with Gasteiger partial charge in [-0.25, -0.2) is 4.98 Å². The fourth-order valence-corrected chi connectivity index (χ4v) is 3.74. The summed E-state index contributed by atoms with van der Waals surface area (Å²) in [5.41, 5.74) is 3.11. The number of fused-ring (bicyclic) bond motifs is 3. The number of hydrogen-bond donors (Lipinski definition) is 1. The summed E-state index contributed by atoms with van der Waals surface area (Å²) in [6.45, 7) is 5.84. The topological polar surface area (TPSA) is 67.2 Å². The lowest BCUT2D eigenvalue weighted by Gasteiger charge is -2.30. The number of nitrogens with zero attached hydrogens (tertiary/aromatic N) is 3. The van der Waals surface area contributed by atoms with Crippen molar-refractivity contribution in [2.45, 2.75) is 33.0 Å². The number of halogens is 1. The van der Waals surface area contributed by atoms with Crippen molar-refractivity contribution in [1.29, 1.82) is 0 Å². The summed E-state index contributed by atoms with van der Waals surface area (Å²) in [5.74, 6) is 0.229. The first-order chi connectivity index (χ1) is 13.4. The molecule has 0 fully saturated rings. The SMILES string of the molecule is CC(C)N1CCn2c(nc3cc(C(=O)NCc4ccc(Br)cc4)ccc32)C1=O. The Kier molecular flexibility index (Phi) is 4.93. The van der Waals surface area contributed by atoms with Crippen LogP contribution in [-0.4, -0.2) is 38.9 Å². The molecule has 0 atom stereocenters. The third kappa shape index (κ3) is 3.42. The first kappa shape index (κ1) is 18.7. The molecule has 2 amide bonds. The molecule has 1 aliphatic rings. The van der Waals surface area contributed by atoms with Gasteiger partial charge in [-0.3, -0.25) is 9.59 Å². The average Bonchev–Trinajstić information content (AvgIpc) is 3.06. The molecule has 1 aliphatic heterocycles. The minimum absolute atomic E-state index is 0.0568. The minimum Gasteiger partial charge on any atom is -0.348 e. The molecule has 1 N–H and O–H groups in total. The van der Waals surface area contributed by atoms with E-state index < -0.39 is 0 Å². The van der Waals surface area contributed by atoms with Crippen molar-refractivity contribution in [2.75, 3.05) is 6.54 Å². The fraction of sp³-hybridized carbons (Fsp3) is 0.286. The van der Waals surface area contributed by atoms with E-state index >= 15 is 0 Å². The van der Waals surface area contributed by atoms with Crippen molar-refractivity contribution in [3.8, 4) is 0 Å². The molecule has 2 heterocycles. The van der Waals surface area contributed by atoms with E-state index in [1.807, 2.05) is 53.6 Å². The maximum absolute atomic E-state index is 12.7. The van der Waals surface area contributed by atoms with Gasteiger partial charge in [0.05, 0.1) is 11.0 Å². The number of imidazole rings is 1. The van der Waals surface area contributed by atoms with Gasteiger partial charge in [0.1, 0.15) is 0 Å². The van der Waals surface area contributed by atoms with Crippen LogP contribution in [0.15, 0.2) is 46.9 Å². The number of aromatic nitrogens is 2. The summed E-state index contributed by atoms with van der Waals surface area (Å²) < 4.78 is 2.95. The second-order valence-electron chi connectivity index (χ2n) is 7.19. The Morgan fingerprint density at radius 3 is 2.64 bits per heavy atom. The van der Waals surface area contributed by atoms with Gasteiger partial charge >= 0.3 is 0 Å². The molecule has 28 heavy (non-hydrogen) atoms. The molecule has 0 saturated carbocycles. The third-order valence-electron chi connectivity index (χ3n) is 5.02. The monoisotopic (exact) mass is 440 g/mol. The van der Waals surface area contributed by atoms with E-state index in [4.69, 9.17) is 0 Å². The standard InChI is InChI=1S/C21H21BrN4O2/c1-13(2)25-9-10-26-18-8-5-15(11-17(18)24-19(26)21(25)28)20(27)23-12-14-3-6-16(22)7-4-14/h3-8,11,13H,9-10,12H2,1-2H3,(H,23,27). The summed E-state index contributed by atoms with van der Waals surface area (Å²) in [7, 11) is 0. The summed E-state index contributed by atoms with van der Waals surface area (Å²) >= 11 is 3.40. The van der Waals surface area contributed by atoms with Crippen LogP contribution in [0.1, 0.15) is 40.4 Å². The van der Waals surface area contributed by atoms with Gasteiger partial charge in [0.15, 0.2) is 5.82 Å². The van der Waals surface area contributed by atoms with E-state index in [1.165, 1.54) is 0 Å². The van der Waals surface area contributed by atoms with Crippen LogP contribution in [0.2, 0.25) is 0 Å². The Morgan fingerprint density at radius 2 is 1.93 bits per heavy atom. The van der Waals surface area contributed by atoms with Crippen LogP contribution >= 0.6 is 15.9 Å². The zero-order valence-corrected chi connectivity index (χ0v) is 17.4. The normalized spacial score (nSPS) is 13.9. The molecule has 4 rings (SSSR count). The molecule has 0 aliphatic carbocycles. The first-order valence-corrected chi connectivity index (χ1v) is 10.1. The Balaban J connectivity index is 1.56. The molecule has 144 valence electrons. The molecule has 3 aromatic rings. The van der Waals surface area contributed by atoms with Crippen LogP contribution in [0.4, 0.5) is 0 Å². The predicted molar refractivity (Wildman–Crippen MR) is 111 cm³/mol. The summed E-state index contributed by atoms with van der Waals surface area (Å²) in [6.07, 6.45) is 0. The molecule has 0 radical (unpaired) electrons. The molecular weight excluding hydrogens is 420 g/mol. The Hall–Kier alpha value is -2.67. The molecule has 0 spiro atoms. The summed E-state index contributed by atoms with van der Waals surface area (Å²) in [4.78, 5) is 31.6. The highest BCUT2D eigenvalue weighted by atomic mass is 79.9. The van der Waals surface area contributed by atoms with Crippen LogP contribution in [0.3, 0.4) is 0 Å². The number of nitrogens with one attached hydrogen (secondary N) is 1. The van der Waals surface area contributed by atoms with E-state index in [0.717, 1.165) is 15.6 Å². The smallest absolute Gasteiger partial charge is 0.290 e. The molecule has 7 heteroatoms. The molecule has 2 aromatic carbocycles. The zero-order chi connectivity index (χ0) is 19.8. The van der Waals surface area contributed by atoms with Gasteiger partial charge in [-0.1, -0.05) is 28.1 Å². The Labute approximate surface area is 171 Å². The second kappa shape index (κ2) is 7.39. The van der Waals surface area contributed by atoms with E-state index in [2.05, 4.69) is 26.2 Å². The van der Waals surface area contributed by atoms with Gasteiger partial charge in [0.2, 0.25) is 0 Å². The van der Waals surface area contributed by atoms with Crippen molar-refractivity contribution < 1.29 is 9.59 Å². The number of benzene rings is 2. The van der Waals surface area contributed by atoms with E-state index in [-0.39, 0.29) is 17.9 Å². The number of carbonyl (C=O) groups is 2. The fourth-order valence-electron chi connectivity index (χ4n) is 3.48. The second-order valence-corrected chi connectivity index (χ2v) is 8.11. The highest BCUT2D eigenvalue weighted by Crippen LogP contribution is 2.23. The predicted octanol–water partition coefficient (Wildman–Crippen LogP) is 3.59. The maximum atomic E-state index is 12.7. The van der Waals surface area contributed by atoms with Crippen LogP contribution in [0, 0.1) is 0 Å². The quantitative estimate of drug-likeness (QED) is 0.673. The lowest BCUT2D eigenvalue weighted by Crippen LogP contribution is -2.44. The molecule has 1 aromatic heterocycles. The van der Waals surface area contributed by atoms with Crippen LogP contribution < -0.4 is 5.32 Å². The Morgan fingerprint density at radius 1 is 1.18 bits per heavy atom. The first-order valence-electron chi connectivity index (χ1n) is 9.28. The molecule has 0 bridgehead atoms. The van der Waals surface area contributed by atoms with Gasteiger partial charge in [-0.2, -0.15) is 0 Å². The van der Waals surface area contributed by atoms with E-state index in [9.17, 15) is 9.59 Å². The highest BCUT2D eigenvalue weighted by Gasteiger charge is 2.29. The van der Waals surface area contributed by atoms with Crippen molar-refractivity contribution in [1.82, 2.24) is 19.8 Å². The number of rotatable bonds is 4. The molecule has 6 nitrogen and oxygen atoms in total. The van der Waals surface area contributed by atoms with Gasteiger partial charge in [-0.05, 0) is 49.7 Å². The summed E-state index contributed by atoms with van der Waals surface area (Å²) in [6, 6.07) is 13.4. The van der Waals surface area contributed by atoms with Gasteiger partial charge < -0.3 is 14.8 Å². The molecule has 0 unspecified atom stereocenters. The molecule has 0 saturated heterocycles. The minimum atomic E-state index is -0.161. The lowest BCUT2D eigenvalue weighted by atomic mass is 10.1. The van der Waals surface area contributed by atoms with Crippen molar-refractivity contribution in [3.63, 3.8) is 0 Å². The third-order valence-corrected chi connectivity index (χ3v) is 5.55. The van der Waals surface area contributed by atoms with Crippen LogP contribution in [0.5, 0.6) is 0 Å². The van der Waals surface area contributed by atoms with Crippen LogP contribution in [0.25, 0.3) is 11.0 Å². The van der Waals surface area contributed by atoms with E-state index in [1.54, 1.807) is 12.1 Å². The Bertz CT molecular complexity index is 1060. The zero-order valence-electron chi connectivity index (χ0n) is 15.8. The van der Waals surface area contributed by atoms with Crippen molar-refractivity contribution in [3.05, 3.63) is 63.9 Å². The van der Waals surface area contributed by atoms with Crippen molar-refractivity contribution in [2.24, 2.45) is 0 Å². The average molecular weight is 441 g/mol. The number of hydrogen-bond acceptors (Lipinski definition) is 3. The summed E-state index contributed by atoms with van der Waals surface area (Å²) in [5, 5.41) is 2.93. The molecular formula is C21H21BrN4O2.